The van der Waals surface area contributed by atoms with E-state index >= 15 is 0 Å². The van der Waals surface area contributed by atoms with Gasteiger partial charge in [0.1, 0.15) is 12.1 Å². The van der Waals surface area contributed by atoms with Crippen LogP contribution < -0.4 is 10.2 Å². The first kappa shape index (κ1) is 11.8. The molecule has 0 saturated carbocycles. The molecule has 0 spiro atoms. The molecule has 1 atom stereocenters. The minimum atomic E-state index is -0.0818. The van der Waals surface area contributed by atoms with Gasteiger partial charge in [0.25, 0.3) is 5.91 Å². The normalized spacial score (nSPS) is 18.5. The number of carbonyl (C=O) groups is 1. The van der Waals surface area contributed by atoms with Gasteiger partial charge in [0.2, 0.25) is 0 Å². The number of anilines is 1. The SMILES string of the molecule is O=C(N[C@H]1CCN(c2ccccn2)C1)c1ccoc1. The summed E-state index contributed by atoms with van der Waals surface area (Å²) >= 11 is 0. The van der Waals surface area contributed by atoms with Crippen LogP contribution in [0.1, 0.15) is 16.8 Å². The Morgan fingerprint density at radius 2 is 2.37 bits per heavy atom. The van der Waals surface area contributed by atoms with E-state index in [9.17, 15) is 4.79 Å². The lowest BCUT2D eigenvalue weighted by atomic mass is 10.2. The first-order valence-corrected chi connectivity index (χ1v) is 6.32. The Morgan fingerprint density at radius 3 is 3.11 bits per heavy atom. The van der Waals surface area contributed by atoms with Crippen LogP contribution in [0.25, 0.3) is 0 Å². The third kappa shape index (κ3) is 2.59. The summed E-state index contributed by atoms with van der Waals surface area (Å²) in [7, 11) is 0. The first-order valence-electron chi connectivity index (χ1n) is 6.32. The van der Waals surface area contributed by atoms with Gasteiger partial charge in [-0.3, -0.25) is 4.79 Å². The molecule has 1 fully saturated rings. The molecule has 0 unspecified atom stereocenters. The third-order valence-electron chi connectivity index (χ3n) is 3.28. The maximum Gasteiger partial charge on any atom is 0.254 e. The predicted molar refractivity (Wildman–Crippen MR) is 71.0 cm³/mol. The fourth-order valence-electron chi connectivity index (χ4n) is 2.29. The zero-order chi connectivity index (χ0) is 13.1. The Balaban J connectivity index is 1.59. The van der Waals surface area contributed by atoms with Gasteiger partial charge in [-0.05, 0) is 24.6 Å². The van der Waals surface area contributed by atoms with Crippen molar-refractivity contribution in [3.05, 3.63) is 48.6 Å². The van der Waals surface area contributed by atoms with E-state index in [1.54, 1.807) is 12.3 Å². The van der Waals surface area contributed by atoms with Gasteiger partial charge in [0.15, 0.2) is 0 Å². The van der Waals surface area contributed by atoms with E-state index in [0.29, 0.717) is 5.56 Å². The highest BCUT2D eigenvalue weighted by Crippen LogP contribution is 2.17. The molecule has 1 saturated heterocycles. The second kappa shape index (κ2) is 5.14. The van der Waals surface area contributed by atoms with Crippen LogP contribution in [0.2, 0.25) is 0 Å². The monoisotopic (exact) mass is 257 g/mol. The lowest BCUT2D eigenvalue weighted by molar-refractivity contribution is 0.0940. The van der Waals surface area contributed by atoms with Crippen molar-refractivity contribution in [3.8, 4) is 0 Å². The molecule has 3 rings (SSSR count). The number of amides is 1. The van der Waals surface area contributed by atoms with Crippen molar-refractivity contribution in [3.63, 3.8) is 0 Å². The number of pyridine rings is 1. The topological polar surface area (TPSA) is 58.4 Å². The molecule has 0 bridgehead atoms. The fourth-order valence-corrected chi connectivity index (χ4v) is 2.29. The molecule has 5 nitrogen and oxygen atoms in total. The van der Waals surface area contributed by atoms with E-state index in [0.717, 1.165) is 25.3 Å². The maximum absolute atomic E-state index is 11.9. The van der Waals surface area contributed by atoms with Crippen molar-refractivity contribution < 1.29 is 9.21 Å². The maximum atomic E-state index is 11.9. The summed E-state index contributed by atoms with van der Waals surface area (Å²) in [5.41, 5.74) is 0.566. The summed E-state index contributed by atoms with van der Waals surface area (Å²) in [6.45, 7) is 1.70. The van der Waals surface area contributed by atoms with E-state index in [-0.39, 0.29) is 11.9 Å². The Hall–Kier alpha value is -2.30. The van der Waals surface area contributed by atoms with Gasteiger partial charge >= 0.3 is 0 Å². The van der Waals surface area contributed by atoms with Crippen molar-refractivity contribution >= 4 is 11.7 Å². The second-order valence-corrected chi connectivity index (χ2v) is 4.61. The zero-order valence-corrected chi connectivity index (χ0v) is 10.5. The number of nitrogens with one attached hydrogen (secondary N) is 1. The lowest BCUT2D eigenvalue weighted by Gasteiger charge is -2.17. The summed E-state index contributed by atoms with van der Waals surface area (Å²) in [6.07, 6.45) is 5.68. The summed E-state index contributed by atoms with van der Waals surface area (Å²) in [5.74, 6) is 0.879. The largest absolute Gasteiger partial charge is 0.472 e. The Bertz CT molecular complexity index is 539. The Morgan fingerprint density at radius 1 is 1.42 bits per heavy atom. The van der Waals surface area contributed by atoms with Gasteiger partial charge in [0.05, 0.1) is 11.8 Å². The van der Waals surface area contributed by atoms with Crippen molar-refractivity contribution in [1.82, 2.24) is 10.3 Å². The standard InChI is InChI=1S/C14H15N3O2/c18-14(11-5-8-19-10-11)16-12-4-7-17(9-12)13-3-1-2-6-15-13/h1-3,5-6,8,10,12H,4,7,9H2,(H,16,18)/t12-/m0/s1. The van der Waals surface area contributed by atoms with Crippen LogP contribution in [0.15, 0.2) is 47.4 Å². The molecule has 0 radical (unpaired) electrons. The molecule has 1 aliphatic rings. The average molecular weight is 257 g/mol. The van der Waals surface area contributed by atoms with Gasteiger partial charge in [-0.2, -0.15) is 0 Å². The molecular formula is C14H15N3O2. The predicted octanol–water partition coefficient (Wildman–Crippen LogP) is 1.68. The van der Waals surface area contributed by atoms with Crippen LogP contribution in [0.3, 0.4) is 0 Å². The molecule has 1 amide bonds. The van der Waals surface area contributed by atoms with E-state index < -0.39 is 0 Å². The van der Waals surface area contributed by atoms with Crippen molar-refractivity contribution in [2.75, 3.05) is 18.0 Å². The van der Waals surface area contributed by atoms with Crippen LogP contribution in [-0.4, -0.2) is 30.0 Å². The van der Waals surface area contributed by atoms with Crippen molar-refractivity contribution in [2.45, 2.75) is 12.5 Å². The average Bonchev–Trinajstić information content (AvgIpc) is 3.11. The van der Waals surface area contributed by atoms with E-state index in [2.05, 4.69) is 15.2 Å². The number of rotatable bonds is 3. The quantitative estimate of drug-likeness (QED) is 0.909. The van der Waals surface area contributed by atoms with Crippen LogP contribution in [0, 0.1) is 0 Å². The van der Waals surface area contributed by atoms with Gasteiger partial charge in [-0.1, -0.05) is 6.07 Å². The Kier molecular flexibility index (Phi) is 3.18. The molecule has 19 heavy (non-hydrogen) atoms. The highest BCUT2D eigenvalue weighted by atomic mass is 16.3. The smallest absolute Gasteiger partial charge is 0.254 e. The van der Waals surface area contributed by atoms with E-state index in [1.807, 2.05) is 18.2 Å². The number of hydrogen-bond acceptors (Lipinski definition) is 4. The summed E-state index contributed by atoms with van der Waals surface area (Å²) in [6, 6.07) is 7.68. The Labute approximate surface area is 111 Å². The van der Waals surface area contributed by atoms with Gasteiger partial charge in [0, 0.05) is 25.3 Å². The number of aromatic nitrogens is 1. The molecule has 2 aromatic rings. The van der Waals surface area contributed by atoms with E-state index in [4.69, 9.17) is 4.42 Å². The fraction of sp³-hybridized carbons (Fsp3) is 0.286. The van der Waals surface area contributed by atoms with Crippen LogP contribution >= 0.6 is 0 Å². The summed E-state index contributed by atoms with van der Waals surface area (Å²) < 4.78 is 4.91. The molecule has 2 aromatic heterocycles. The zero-order valence-electron chi connectivity index (χ0n) is 10.5. The number of nitrogens with zero attached hydrogens (tertiary/aromatic N) is 2. The van der Waals surface area contributed by atoms with E-state index in [1.165, 1.54) is 12.5 Å². The molecule has 0 aliphatic carbocycles. The van der Waals surface area contributed by atoms with Crippen molar-refractivity contribution in [2.24, 2.45) is 0 Å². The molecule has 0 aromatic carbocycles. The molecular weight excluding hydrogens is 242 g/mol. The summed E-state index contributed by atoms with van der Waals surface area (Å²) in [4.78, 5) is 18.4. The highest BCUT2D eigenvalue weighted by molar-refractivity contribution is 5.94. The molecule has 5 heteroatoms. The molecule has 1 N–H and O–H groups in total. The van der Waals surface area contributed by atoms with Gasteiger partial charge < -0.3 is 14.6 Å². The highest BCUT2D eigenvalue weighted by Gasteiger charge is 2.25. The van der Waals surface area contributed by atoms with Crippen LogP contribution in [0.5, 0.6) is 0 Å². The minimum absolute atomic E-state index is 0.0818. The van der Waals surface area contributed by atoms with Gasteiger partial charge in [-0.25, -0.2) is 4.98 Å². The summed E-state index contributed by atoms with van der Waals surface area (Å²) in [5, 5.41) is 3.01. The molecule has 1 aliphatic heterocycles. The van der Waals surface area contributed by atoms with Crippen molar-refractivity contribution in [1.29, 1.82) is 0 Å². The third-order valence-corrected chi connectivity index (χ3v) is 3.28. The molecule has 3 heterocycles. The number of hydrogen-bond donors (Lipinski definition) is 1. The lowest BCUT2D eigenvalue weighted by Crippen LogP contribution is -2.37. The number of carbonyl (C=O) groups excluding carboxylic acids is 1. The van der Waals surface area contributed by atoms with Crippen LogP contribution in [0.4, 0.5) is 5.82 Å². The molecule has 98 valence electrons. The first-order chi connectivity index (χ1) is 9.33. The minimum Gasteiger partial charge on any atom is -0.472 e. The second-order valence-electron chi connectivity index (χ2n) is 4.61. The number of furan rings is 1. The van der Waals surface area contributed by atoms with Crippen LogP contribution in [-0.2, 0) is 0 Å². The van der Waals surface area contributed by atoms with Gasteiger partial charge in [-0.15, -0.1) is 0 Å².